The van der Waals surface area contributed by atoms with Gasteiger partial charge in [0, 0.05) is 21.8 Å². The molecule has 0 heterocycles. The molecule has 0 bridgehead atoms. The topological polar surface area (TPSA) is 72.2 Å². The monoisotopic (exact) mass is 334 g/mol. The van der Waals surface area contributed by atoms with Crippen molar-refractivity contribution in [3.63, 3.8) is 0 Å². The van der Waals surface area contributed by atoms with Gasteiger partial charge in [-0.2, -0.15) is 0 Å². The maximum Gasteiger partial charge on any atom is 0.273 e. The number of nitrogens with one attached hydrogen (secondary N) is 1. The number of amides is 1. The Morgan fingerprint density at radius 1 is 1.15 bits per heavy atom. The third-order valence-electron chi connectivity index (χ3n) is 2.67. The number of nitro groups is 1. The van der Waals surface area contributed by atoms with E-state index in [-0.39, 0.29) is 18.0 Å². The van der Waals surface area contributed by atoms with Gasteiger partial charge in [-0.15, -0.1) is 0 Å². The molecule has 0 radical (unpaired) electrons. The molecule has 0 aliphatic carbocycles. The number of nitro benzene ring substituents is 1. The van der Waals surface area contributed by atoms with Gasteiger partial charge in [-0.05, 0) is 24.3 Å². The lowest BCUT2D eigenvalue weighted by atomic mass is 10.1. The first-order valence-corrected chi connectivity index (χ1v) is 6.63. The van der Waals surface area contributed by atoms with Crippen LogP contribution in [0.3, 0.4) is 0 Å². The van der Waals surface area contributed by atoms with Gasteiger partial charge in [-0.25, -0.2) is 0 Å². The molecule has 5 nitrogen and oxygen atoms in total. The van der Waals surface area contributed by atoms with Crippen molar-refractivity contribution >= 4 is 33.2 Å². The van der Waals surface area contributed by atoms with Gasteiger partial charge in [-0.1, -0.05) is 34.1 Å². The molecule has 6 heteroatoms. The maximum absolute atomic E-state index is 11.9. The summed E-state index contributed by atoms with van der Waals surface area (Å²) < 4.78 is 0.911. The highest BCUT2D eigenvalue weighted by Gasteiger charge is 2.15. The minimum absolute atomic E-state index is 0.0345. The summed E-state index contributed by atoms with van der Waals surface area (Å²) in [6.45, 7) is 0. The summed E-state index contributed by atoms with van der Waals surface area (Å²) in [5.41, 5.74) is 1.00. The zero-order chi connectivity index (χ0) is 14.5. The van der Waals surface area contributed by atoms with E-state index in [0.29, 0.717) is 11.3 Å². The normalized spacial score (nSPS) is 10.1. The molecule has 0 aliphatic rings. The van der Waals surface area contributed by atoms with E-state index in [4.69, 9.17) is 0 Å². The lowest BCUT2D eigenvalue weighted by Gasteiger charge is -2.06. The fraction of sp³-hybridized carbons (Fsp3) is 0.0714. The molecule has 1 N–H and O–H groups in total. The Kier molecular flexibility index (Phi) is 4.47. The van der Waals surface area contributed by atoms with Crippen LogP contribution in [0.5, 0.6) is 0 Å². The number of carbonyl (C=O) groups is 1. The first kappa shape index (κ1) is 14.2. The Morgan fingerprint density at radius 2 is 1.80 bits per heavy atom. The van der Waals surface area contributed by atoms with Crippen molar-refractivity contribution < 1.29 is 9.72 Å². The number of nitrogens with zero attached hydrogens (tertiary/aromatic N) is 1. The molecule has 0 atom stereocenters. The van der Waals surface area contributed by atoms with E-state index < -0.39 is 4.92 Å². The molecule has 2 aromatic rings. The lowest BCUT2D eigenvalue weighted by Crippen LogP contribution is -2.15. The fourth-order valence-corrected chi connectivity index (χ4v) is 2.01. The minimum Gasteiger partial charge on any atom is -0.326 e. The highest BCUT2D eigenvalue weighted by molar-refractivity contribution is 9.10. The van der Waals surface area contributed by atoms with Crippen molar-refractivity contribution in [3.05, 3.63) is 68.7 Å². The zero-order valence-electron chi connectivity index (χ0n) is 10.4. The summed E-state index contributed by atoms with van der Waals surface area (Å²) in [7, 11) is 0. The number of para-hydroxylation sites is 1. The van der Waals surface area contributed by atoms with Gasteiger partial charge in [0.05, 0.1) is 11.3 Å². The van der Waals surface area contributed by atoms with Crippen molar-refractivity contribution in [1.29, 1.82) is 0 Å². The molecule has 0 unspecified atom stereocenters. The first-order chi connectivity index (χ1) is 9.56. The van der Waals surface area contributed by atoms with E-state index in [9.17, 15) is 14.9 Å². The smallest absolute Gasteiger partial charge is 0.273 e. The lowest BCUT2D eigenvalue weighted by molar-refractivity contribution is -0.385. The van der Waals surface area contributed by atoms with Gasteiger partial charge >= 0.3 is 0 Å². The molecule has 102 valence electrons. The van der Waals surface area contributed by atoms with Crippen molar-refractivity contribution in [2.45, 2.75) is 6.42 Å². The summed E-state index contributed by atoms with van der Waals surface area (Å²) in [4.78, 5) is 22.3. The van der Waals surface area contributed by atoms with Gasteiger partial charge in [-0.3, -0.25) is 14.9 Å². The Balaban J connectivity index is 2.08. The van der Waals surface area contributed by atoms with Crippen molar-refractivity contribution in [2.24, 2.45) is 0 Å². The van der Waals surface area contributed by atoms with Crippen molar-refractivity contribution in [2.75, 3.05) is 5.32 Å². The third kappa shape index (κ3) is 3.64. The molecule has 20 heavy (non-hydrogen) atoms. The Morgan fingerprint density at radius 3 is 2.45 bits per heavy atom. The molecule has 2 rings (SSSR count). The minimum atomic E-state index is -0.484. The average molecular weight is 335 g/mol. The van der Waals surface area contributed by atoms with Gasteiger partial charge < -0.3 is 5.32 Å². The van der Waals surface area contributed by atoms with Crippen LogP contribution < -0.4 is 5.32 Å². The van der Waals surface area contributed by atoms with E-state index in [1.54, 1.807) is 42.5 Å². The molecule has 0 fully saturated rings. The summed E-state index contributed by atoms with van der Waals surface area (Å²) in [5.74, 6) is -0.290. The molecular weight excluding hydrogens is 324 g/mol. The molecule has 0 saturated heterocycles. The standard InChI is InChI=1S/C14H11BrN2O3/c15-11-5-7-12(8-6-11)16-14(18)9-10-3-1-2-4-13(10)17(19)20/h1-8H,9H2,(H,16,18). The van der Waals surface area contributed by atoms with Crippen molar-refractivity contribution in [3.8, 4) is 0 Å². The predicted octanol–water partition coefficient (Wildman–Crippen LogP) is 3.54. The van der Waals surface area contributed by atoms with Gasteiger partial charge in [0.25, 0.3) is 5.69 Å². The van der Waals surface area contributed by atoms with Crippen LogP contribution in [0.4, 0.5) is 11.4 Å². The zero-order valence-corrected chi connectivity index (χ0v) is 12.0. The molecule has 2 aromatic carbocycles. The Bertz CT molecular complexity index is 641. The molecule has 0 aromatic heterocycles. The van der Waals surface area contributed by atoms with Crippen LogP contribution in [0.1, 0.15) is 5.56 Å². The maximum atomic E-state index is 11.9. The Hall–Kier alpha value is -2.21. The number of hydrogen-bond donors (Lipinski definition) is 1. The second-order valence-corrected chi connectivity index (χ2v) is 5.03. The number of halogens is 1. The van der Waals surface area contributed by atoms with E-state index >= 15 is 0 Å². The molecule has 0 spiro atoms. The first-order valence-electron chi connectivity index (χ1n) is 5.84. The van der Waals surface area contributed by atoms with Gasteiger partial charge in [0.1, 0.15) is 0 Å². The molecule has 0 saturated carbocycles. The van der Waals surface area contributed by atoms with Gasteiger partial charge in [0.2, 0.25) is 5.91 Å². The van der Waals surface area contributed by atoms with E-state index in [0.717, 1.165) is 4.47 Å². The van der Waals surface area contributed by atoms with Crippen LogP contribution in [-0.2, 0) is 11.2 Å². The number of benzene rings is 2. The van der Waals surface area contributed by atoms with Crippen LogP contribution in [0.15, 0.2) is 53.0 Å². The molecular formula is C14H11BrN2O3. The van der Waals surface area contributed by atoms with Crippen molar-refractivity contribution in [1.82, 2.24) is 0 Å². The summed E-state index contributed by atoms with van der Waals surface area (Å²) in [5, 5.41) is 13.6. The van der Waals surface area contributed by atoms with E-state index in [2.05, 4.69) is 21.2 Å². The SMILES string of the molecule is O=C(Cc1ccccc1[N+](=O)[O-])Nc1ccc(Br)cc1. The van der Waals surface area contributed by atoms with Crippen LogP contribution in [-0.4, -0.2) is 10.8 Å². The quantitative estimate of drug-likeness (QED) is 0.686. The molecule has 0 aliphatic heterocycles. The van der Waals surface area contributed by atoms with Crippen LogP contribution in [0.2, 0.25) is 0 Å². The summed E-state index contributed by atoms with van der Waals surface area (Å²) in [6, 6.07) is 13.3. The van der Waals surface area contributed by atoms with E-state index in [1.807, 2.05) is 0 Å². The predicted molar refractivity (Wildman–Crippen MR) is 79.6 cm³/mol. The largest absolute Gasteiger partial charge is 0.326 e. The average Bonchev–Trinajstić information content (AvgIpc) is 2.41. The number of anilines is 1. The number of rotatable bonds is 4. The van der Waals surface area contributed by atoms with Crippen LogP contribution in [0.25, 0.3) is 0 Å². The highest BCUT2D eigenvalue weighted by atomic mass is 79.9. The molecule has 1 amide bonds. The number of carbonyl (C=O) groups excluding carboxylic acids is 1. The fourth-order valence-electron chi connectivity index (χ4n) is 1.75. The Labute approximate surface area is 123 Å². The highest BCUT2D eigenvalue weighted by Crippen LogP contribution is 2.19. The summed E-state index contributed by atoms with van der Waals surface area (Å²) >= 11 is 3.30. The van der Waals surface area contributed by atoms with Crippen LogP contribution >= 0.6 is 15.9 Å². The second kappa shape index (κ2) is 6.29. The third-order valence-corrected chi connectivity index (χ3v) is 3.20. The number of hydrogen-bond acceptors (Lipinski definition) is 3. The van der Waals surface area contributed by atoms with Gasteiger partial charge in [0.15, 0.2) is 0 Å². The van der Waals surface area contributed by atoms with E-state index in [1.165, 1.54) is 6.07 Å². The van der Waals surface area contributed by atoms with Crippen LogP contribution in [0, 0.1) is 10.1 Å². The summed E-state index contributed by atoms with van der Waals surface area (Å²) in [6.07, 6.45) is -0.0345. The second-order valence-electron chi connectivity index (χ2n) is 4.12.